The molecule has 1 aromatic heterocycles. The van der Waals surface area contributed by atoms with Gasteiger partial charge in [-0.15, -0.1) is 0 Å². The number of carbonyl (C=O) groups is 2. The molecule has 1 aliphatic carbocycles. The van der Waals surface area contributed by atoms with Crippen molar-refractivity contribution in [2.24, 2.45) is 5.92 Å². The van der Waals surface area contributed by atoms with Gasteiger partial charge in [0.25, 0.3) is 5.91 Å². The van der Waals surface area contributed by atoms with Crippen LogP contribution in [0.4, 0.5) is 4.79 Å². The van der Waals surface area contributed by atoms with Crippen LogP contribution in [0.25, 0.3) is 0 Å². The standard InChI is InChI=1S/C22H23N3O2/c26-21-19-14-16-10-4-5-12-18(16)24(19)22(27)25(21)20(15-8-2-1-3-9-15)17-11-6-7-13-23-17/h1-3,6-9,11,13,16,18-20H,4-5,10,12,14H2/t16-,18-,19-,20-/m0/s1. The molecular formula is C22H23N3O2. The Morgan fingerprint density at radius 3 is 2.52 bits per heavy atom. The molecule has 3 heterocycles. The highest BCUT2D eigenvalue weighted by molar-refractivity contribution is 6.05. The van der Waals surface area contributed by atoms with Crippen molar-refractivity contribution in [1.82, 2.24) is 14.8 Å². The van der Waals surface area contributed by atoms with E-state index in [1.165, 1.54) is 11.3 Å². The first-order chi connectivity index (χ1) is 13.3. The Kier molecular flexibility index (Phi) is 3.96. The molecule has 4 atom stereocenters. The number of urea groups is 1. The molecule has 3 aliphatic rings. The van der Waals surface area contributed by atoms with E-state index < -0.39 is 6.04 Å². The average Bonchev–Trinajstić information content (AvgIpc) is 3.21. The third-order valence-corrected chi connectivity index (χ3v) is 6.38. The number of nitrogens with zero attached hydrogens (tertiary/aromatic N) is 3. The van der Waals surface area contributed by atoms with E-state index in [0.29, 0.717) is 5.92 Å². The van der Waals surface area contributed by atoms with Crippen LogP contribution in [0, 0.1) is 5.92 Å². The minimum absolute atomic E-state index is 0.0612. The molecular weight excluding hydrogens is 338 g/mol. The third-order valence-electron chi connectivity index (χ3n) is 6.38. The maximum Gasteiger partial charge on any atom is 0.328 e. The Morgan fingerprint density at radius 2 is 1.74 bits per heavy atom. The van der Waals surface area contributed by atoms with Gasteiger partial charge >= 0.3 is 6.03 Å². The summed E-state index contributed by atoms with van der Waals surface area (Å²) in [6.45, 7) is 0. The molecule has 5 nitrogen and oxygen atoms in total. The predicted octanol–water partition coefficient (Wildman–Crippen LogP) is 3.77. The van der Waals surface area contributed by atoms with Gasteiger partial charge in [-0.3, -0.25) is 9.78 Å². The van der Waals surface area contributed by atoms with E-state index in [4.69, 9.17) is 0 Å². The first-order valence-corrected chi connectivity index (χ1v) is 9.87. The zero-order valence-corrected chi connectivity index (χ0v) is 15.2. The highest BCUT2D eigenvalue weighted by Gasteiger charge is 2.57. The molecule has 3 fully saturated rings. The van der Waals surface area contributed by atoms with E-state index in [-0.39, 0.29) is 24.0 Å². The van der Waals surface area contributed by atoms with Crippen molar-refractivity contribution in [2.75, 3.05) is 0 Å². The molecule has 0 N–H and O–H groups in total. The summed E-state index contributed by atoms with van der Waals surface area (Å²) in [6.07, 6.45) is 7.06. The largest absolute Gasteiger partial charge is 0.328 e. The van der Waals surface area contributed by atoms with Crippen LogP contribution < -0.4 is 0 Å². The maximum absolute atomic E-state index is 13.4. The Bertz CT molecular complexity index is 815. The number of rotatable bonds is 3. The SMILES string of the molecule is O=C1[C@@H]2C[C@@H]3CCCC[C@@H]3N2C(=O)N1[C@@H](c1ccccc1)c1ccccn1. The van der Waals surface area contributed by atoms with Gasteiger partial charge in [-0.1, -0.05) is 49.2 Å². The molecule has 3 amide bonds. The molecule has 2 saturated heterocycles. The number of imide groups is 1. The smallest absolute Gasteiger partial charge is 0.309 e. The minimum atomic E-state index is -0.472. The Balaban J connectivity index is 1.55. The molecule has 0 unspecified atom stereocenters. The number of pyridine rings is 1. The summed E-state index contributed by atoms with van der Waals surface area (Å²) in [5.41, 5.74) is 1.64. The zero-order chi connectivity index (χ0) is 18.4. The van der Waals surface area contributed by atoms with E-state index in [0.717, 1.165) is 36.9 Å². The van der Waals surface area contributed by atoms with Gasteiger partial charge in [-0.2, -0.15) is 0 Å². The molecule has 0 bridgehead atoms. The highest BCUT2D eigenvalue weighted by atomic mass is 16.2. The second kappa shape index (κ2) is 6.48. The molecule has 0 radical (unpaired) electrons. The fourth-order valence-corrected chi connectivity index (χ4v) is 5.20. The van der Waals surface area contributed by atoms with Gasteiger partial charge in [0, 0.05) is 12.2 Å². The van der Waals surface area contributed by atoms with Crippen molar-refractivity contribution in [3.8, 4) is 0 Å². The normalized spacial score (nSPS) is 28.2. The topological polar surface area (TPSA) is 53.5 Å². The Labute approximate surface area is 159 Å². The number of hydrogen-bond acceptors (Lipinski definition) is 3. The summed E-state index contributed by atoms with van der Waals surface area (Å²) in [7, 11) is 0. The monoisotopic (exact) mass is 361 g/mol. The number of amides is 3. The lowest BCUT2D eigenvalue weighted by molar-refractivity contribution is -0.129. The van der Waals surface area contributed by atoms with Gasteiger partial charge in [-0.25, -0.2) is 9.69 Å². The van der Waals surface area contributed by atoms with Crippen molar-refractivity contribution in [3.05, 3.63) is 66.0 Å². The molecule has 0 spiro atoms. The molecule has 2 aliphatic heterocycles. The van der Waals surface area contributed by atoms with Gasteiger partial charge in [0.15, 0.2) is 0 Å². The second-order valence-corrected chi connectivity index (χ2v) is 7.83. The maximum atomic E-state index is 13.4. The fourth-order valence-electron chi connectivity index (χ4n) is 5.20. The van der Waals surface area contributed by atoms with Crippen LogP contribution >= 0.6 is 0 Å². The van der Waals surface area contributed by atoms with Crippen LogP contribution in [0.2, 0.25) is 0 Å². The fraction of sp³-hybridized carbons (Fsp3) is 0.409. The van der Waals surface area contributed by atoms with Crippen LogP contribution in [0.1, 0.15) is 49.4 Å². The van der Waals surface area contributed by atoms with Gasteiger partial charge in [0.05, 0.1) is 5.69 Å². The number of hydrogen-bond donors (Lipinski definition) is 0. The van der Waals surface area contributed by atoms with Crippen molar-refractivity contribution < 1.29 is 9.59 Å². The summed E-state index contributed by atoms with van der Waals surface area (Å²) in [5.74, 6) is 0.428. The van der Waals surface area contributed by atoms with E-state index in [1.54, 1.807) is 6.20 Å². The van der Waals surface area contributed by atoms with Crippen molar-refractivity contribution >= 4 is 11.9 Å². The van der Waals surface area contributed by atoms with Gasteiger partial charge in [-0.05, 0) is 42.9 Å². The van der Waals surface area contributed by atoms with Crippen molar-refractivity contribution in [3.63, 3.8) is 0 Å². The van der Waals surface area contributed by atoms with Crippen LogP contribution in [-0.2, 0) is 4.79 Å². The molecule has 27 heavy (non-hydrogen) atoms. The van der Waals surface area contributed by atoms with E-state index in [2.05, 4.69) is 4.98 Å². The zero-order valence-electron chi connectivity index (χ0n) is 15.2. The summed E-state index contributed by atoms with van der Waals surface area (Å²) >= 11 is 0. The van der Waals surface area contributed by atoms with Crippen molar-refractivity contribution in [2.45, 2.75) is 50.2 Å². The van der Waals surface area contributed by atoms with Gasteiger partial charge < -0.3 is 4.90 Å². The lowest BCUT2D eigenvalue weighted by atomic mass is 9.84. The Morgan fingerprint density at radius 1 is 0.963 bits per heavy atom. The lowest BCUT2D eigenvalue weighted by Gasteiger charge is -2.32. The minimum Gasteiger partial charge on any atom is -0.309 e. The van der Waals surface area contributed by atoms with E-state index in [9.17, 15) is 9.59 Å². The number of benzene rings is 1. The molecule has 1 aromatic carbocycles. The summed E-state index contributed by atoms with van der Waals surface area (Å²) in [5, 5.41) is 0. The summed E-state index contributed by atoms with van der Waals surface area (Å²) in [6, 6.07) is 14.7. The van der Waals surface area contributed by atoms with Crippen LogP contribution in [0.5, 0.6) is 0 Å². The lowest BCUT2D eigenvalue weighted by Crippen LogP contribution is -2.42. The molecule has 5 heteroatoms. The molecule has 1 saturated carbocycles. The highest BCUT2D eigenvalue weighted by Crippen LogP contribution is 2.45. The number of aromatic nitrogens is 1. The number of carbonyl (C=O) groups excluding carboxylic acids is 2. The van der Waals surface area contributed by atoms with Crippen LogP contribution in [-0.4, -0.2) is 38.8 Å². The van der Waals surface area contributed by atoms with Gasteiger partial charge in [0.1, 0.15) is 12.1 Å². The molecule has 2 aromatic rings. The van der Waals surface area contributed by atoms with E-state index in [1.807, 2.05) is 53.4 Å². The Hall–Kier alpha value is -2.69. The molecule has 5 rings (SSSR count). The van der Waals surface area contributed by atoms with E-state index >= 15 is 0 Å². The third kappa shape index (κ3) is 2.56. The van der Waals surface area contributed by atoms with Gasteiger partial charge in [0.2, 0.25) is 0 Å². The van der Waals surface area contributed by atoms with Crippen molar-refractivity contribution in [1.29, 1.82) is 0 Å². The quantitative estimate of drug-likeness (QED) is 0.782. The number of fused-ring (bicyclic) bond motifs is 3. The first-order valence-electron chi connectivity index (χ1n) is 9.87. The summed E-state index contributed by atoms with van der Waals surface area (Å²) in [4.78, 5) is 34.6. The first kappa shape index (κ1) is 16.5. The molecule has 138 valence electrons. The predicted molar refractivity (Wildman–Crippen MR) is 101 cm³/mol. The second-order valence-electron chi connectivity index (χ2n) is 7.83. The van der Waals surface area contributed by atoms with Crippen LogP contribution in [0.3, 0.4) is 0 Å². The average molecular weight is 361 g/mol. The van der Waals surface area contributed by atoms with Crippen LogP contribution in [0.15, 0.2) is 54.7 Å². The summed E-state index contributed by atoms with van der Waals surface area (Å²) < 4.78 is 0.